The molecule has 0 heterocycles. The van der Waals surface area contributed by atoms with Crippen molar-refractivity contribution in [3.63, 3.8) is 0 Å². The van der Waals surface area contributed by atoms with E-state index in [-0.39, 0.29) is 0 Å². The van der Waals surface area contributed by atoms with Gasteiger partial charge in [-0.05, 0) is 18.3 Å². The smallest absolute Gasteiger partial charge is 0.303 e. The van der Waals surface area contributed by atoms with Crippen molar-refractivity contribution >= 4 is 5.97 Å². The van der Waals surface area contributed by atoms with Crippen LogP contribution in [-0.4, -0.2) is 11.1 Å². The Labute approximate surface area is 139 Å². The lowest BCUT2D eigenvalue weighted by molar-refractivity contribution is -0.137. The van der Waals surface area contributed by atoms with Crippen LogP contribution in [0.3, 0.4) is 0 Å². The number of aliphatic carboxylic acids is 1. The van der Waals surface area contributed by atoms with Gasteiger partial charge in [0, 0.05) is 6.42 Å². The molecule has 0 aromatic carbocycles. The Morgan fingerprint density at radius 3 is 1.55 bits per heavy atom. The third kappa shape index (κ3) is 17.5. The van der Waals surface area contributed by atoms with Crippen molar-refractivity contribution in [3.8, 4) is 0 Å². The lowest BCUT2D eigenvalue weighted by Crippen LogP contribution is -1.96. The molecule has 0 bridgehead atoms. The van der Waals surface area contributed by atoms with Crippen molar-refractivity contribution in [1.29, 1.82) is 0 Å². The molecular formula is C20H40O2. The fraction of sp³-hybridized carbons (Fsp3) is 0.950. The van der Waals surface area contributed by atoms with Crippen LogP contribution in [0.15, 0.2) is 0 Å². The number of carbonyl (C=O) groups is 1. The number of hydrogen-bond acceptors (Lipinski definition) is 1. The SMILES string of the molecule is CC(C)CCCCCCC(C)CCCCCCCCC(=O)O. The first-order valence-corrected chi connectivity index (χ1v) is 9.74. The Morgan fingerprint density at radius 2 is 1.09 bits per heavy atom. The molecule has 0 aromatic heterocycles. The Balaban J connectivity index is 3.19. The van der Waals surface area contributed by atoms with Crippen molar-refractivity contribution in [1.82, 2.24) is 0 Å². The van der Waals surface area contributed by atoms with Crippen LogP contribution in [-0.2, 0) is 4.79 Å². The van der Waals surface area contributed by atoms with Gasteiger partial charge in [0.05, 0.1) is 0 Å². The Kier molecular flexibility index (Phi) is 15.0. The monoisotopic (exact) mass is 312 g/mol. The zero-order valence-electron chi connectivity index (χ0n) is 15.4. The first-order chi connectivity index (χ1) is 10.5. The van der Waals surface area contributed by atoms with Crippen LogP contribution in [0.5, 0.6) is 0 Å². The van der Waals surface area contributed by atoms with Gasteiger partial charge in [-0.25, -0.2) is 0 Å². The van der Waals surface area contributed by atoms with Crippen LogP contribution in [0.4, 0.5) is 0 Å². The summed E-state index contributed by atoms with van der Waals surface area (Å²) in [6.07, 6.45) is 17.3. The second-order valence-corrected chi connectivity index (χ2v) is 7.54. The van der Waals surface area contributed by atoms with Gasteiger partial charge in [-0.1, -0.05) is 97.8 Å². The Bertz CT molecular complexity index is 248. The molecule has 2 heteroatoms. The van der Waals surface area contributed by atoms with Gasteiger partial charge < -0.3 is 5.11 Å². The Morgan fingerprint density at radius 1 is 0.682 bits per heavy atom. The molecule has 2 nitrogen and oxygen atoms in total. The van der Waals surface area contributed by atoms with E-state index in [9.17, 15) is 4.79 Å². The summed E-state index contributed by atoms with van der Waals surface area (Å²) in [5, 5.41) is 8.56. The van der Waals surface area contributed by atoms with E-state index >= 15 is 0 Å². The van der Waals surface area contributed by atoms with Gasteiger partial charge in [-0.2, -0.15) is 0 Å². The molecule has 0 aliphatic heterocycles. The molecule has 1 N–H and O–H groups in total. The number of unbranched alkanes of at least 4 members (excludes halogenated alkanes) is 8. The molecule has 132 valence electrons. The maximum absolute atomic E-state index is 10.4. The van der Waals surface area contributed by atoms with Crippen LogP contribution in [0.1, 0.15) is 111 Å². The fourth-order valence-electron chi connectivity index (χ4n) is 3.02. The normalized spacial score (nSPS) is 12.7. The van der Waals surface area contributed by atoms with E-state index in [0.29, 0.717) is 6.42 Å². The molecule has 0 fully saturated rings. The molecule has 22 heavy (non-hydrogen) atoms. The van der Waals surface area contributed by atoms with E-state index in [2.05, 4.69) is 20.8 Å². The van der Waals surface area contributed by atoms with Gasteiger partial charge in [0.15, 0.2) is 0 Å². The van der Waals surface area contributed by atoms with Gasteiger partial charge in [0.1, 0.15) is 0 Å². The molecule has 1 unspecified atom stereocenters. The minimum atomic E-state index is -0.655. The maximum atomic E-state index is 10.4. The average molecular weight is 313 g/mol. The summed E-state index contributed by atoms with van der Waals surface area (Å²) in [6.45, 7) is 7.03. The fourth-order valence-corrected chi connectivity index (χ4v) is 3.02. The van der Waals surface area contributed by atoms with Crippen molar-refractivity contribution in [2.75, 3.05) is 0 Å². The van der Waals surface area contributed by atoms with Crippen molar-refractivity contribution < 1.29 is 9.90 Å². The molecule has 0 aliphatic carbocycles. The summed E-state index contributed by atoms with van der Waals surface area (Å²) in [6, 6.07) is 0. The lowest BCUT2D eigenvalue weighted by Gasteiger charge is -2.11. The molecule has 0 rings (SSSR count). The molecule has 0 radical (unpaired) electrons. The van der Waals surface area contributed by atoms with Gasteiger partial charge in [-0.15, -0.1) is 0 Å². The van der Waals surface area contributed by atoms with E-state index in [0.717, 1.165) is 24.7 Å². The number of carboxylic acids is 1. The van der Waals surface area contributed by atoms with E-state index < -0.39 is 5.97 Å². The molecular weight excluding hydrogens is 272 g/mol. The molecule has 0 aliphatic rings. The molecule has 0 amide bonds. The van der Waals surface area contributed by atoms with Crippen LogP contribution in [0, 0.1) is 11.8 Å². The van der Waals surface area contributed by atoms with Crippen LogP contribution in [0.25, 0.3) is 0 Å². The summed E-state index contributed by atoms with van der Waals surface area (Å²) in [5.41, 5.74) is 0. The van der Waals surface area contributed by atoms with Crippen LogP contribution < -0.4 is 0 Å². The second-order valence-electron chi connectivity index (χ2n) is 7.54. The highest BCUT2D eigenvalue weighted by Gasteiger charge is 2.03. The van der Waals surface area contributed by atoms with Crippen molar-refractivity contribution in [2.45, 2.75) is 111 Å². The van der Waals surface area contributed by atoms with Gasteiger partial charge in [-0.3, -0.25) is 4.79 Å². The second kappa shape index (κ2) is 15.4. The topological polar surface area (TPSA) is 37.3 Å². The van der Waals surface area contributed by atoms with E-state index in [1.807, 2.05) is 0 Å². The van der Waals surface area contributed by atoms with Gasteiger partial charge in [0.25, 0.3) is 0 Å². The molecule has 0 saturated carbocycles. The van der Waals surface area contributed by atoms with Gasteiger partial charge in [0.2, 0.25) is 0 Å². The molecule has 0 aromatic rings. The first-order valence-electron chi connectivity index (χ1n) is 9.74. The van der Waals surface area contributed by atoms with E-state index in [4.69, 9.17) is 5.11 Å². The zero-order valence-corrected chi connectivity index (χ0v) is 15.4. The Hall–Kier alpha value is -0.530. The zero-order chi connectivity index (χ0) is 16.6. The minimum Gasteiger partial charge on any atom is -0.481 e. The third-order valence-corrected chi connectivity index (χ3v) is 4.57. The largest absolute Gasteiger partial charge is 0.481 e. The number of carboxylic acid groups (broad SMARTS) is 1. The van der Waals surface area contributed by atoms with Crippen molar-refractivity contribution in [2.24, 2.45) is 11.8 Å². The minimum absolute atomic E-state index is 0.341. The molecule has 1 atom stereocenters. The van der Waals surface area contributed by atoms with Crippen LogP contribution >= 0.6 is 0 Å². The number of hydrogen-bond donors (Lipinski definition) is 1. The summed E-state index contributed by atoms with van der Waals surface area (Å²) in [5.74, 6) is 1.10. The van der Waals surface area contributed by atoms with Crippen molar-refractivity contribution in [3.05, 3.63) is 0 Å². The average Bonchev–Trinajstić information content (AvgIpc) is 2.44. The summed E-state index contributed by atoms with van der Waals surface area (Å²) < 4.78 is 0. The highest BCUT2D eigenvalue weighted by molar-refractivity contribution is 5.66. The quantitative estimate of drug-likeness (QED) is 0.317. The summed E-state index contributed by atoms with van der Waals surface area (Å²) in [4.78, 5) is 10.4. The highest BCUT2D eigenvalue weighted by atomic mass is 16.4. The predicted octanol–water partition coefficient (Wildman–Crippen LogP) is 6.82. The summed E-state index contributed by atoms with van der Waals surface area (Å²) in [7, 11) is 0. The number of rotatable bonds is 16. The predicted molar refractivity (Wildman–Crippen MR) is 96.3 cm³/mol. The lowest BCUT2D eigenvalue weighted by atomic mass is 9.95. The molecule has 0 spiro atoms. The van der Waals surface area contributed by atoms with Gasteiger partial charge >= 0.3 is 5.97 Å². The molecule has 0 saturated heterocycles. The first kappa shape index (κ1) is 21.5. The maximum Gasteiger partial charge on any atom is 0.303 e. The van der Waals surface area contributed by atoms with E-state index in [1.54, 1.807) is 0 Å². The van der Waals surface area contributed by atoms with E-state index in [1.165, 1.54) is 70.6 Å². The standard InChI is InChI=1S/C20H40O2/c1-18(2)14-10-8-9-12-16-19(3)15-11-6-4-5-7-13-17-20(21)22/h18-19H,4-17H2,1-3H3,(H,21,22). The van der Waals surface area contributed by atoms with Crippen LogP contribution in [0.2, 0.25) is 0 Å². The summed E-state index contributed by atoms with van der Waals surface area (Å²) >= 11 is 0. The third-order valence-electron chi connectivity index (χ3n) is 4.57. The highest BCUT2D eigenvalue weighted by Crippen LogP contribution is 2.19.